The Morgan fingerprint density at radius 1 is 0.897 bits per heavy atom. The van der Waals surface area contributed by atoms with E-state index in [1.54, 1.807) is 34.9 Å². The van der Waals surface area contributed by atoms with Crippen molar-refractivity contribution < 1.29 is 8.42 Å². The van der Waals surface area contributed by atoms with Gasteiger partial charge in [-0.1, -0.05) is 42.5 Å². The topological polar surface area (TPSA) is 76.3 Å². The molecule has 1 heterocycles. The Morgan fingerprint density at radius 2 is 1.66 bits per heavy atom. The fraction of sp³-hybridized carbons (Fsp3) is 0.318. The van der Waals surface area contributed by atoms with E-state index in [0.717, 1.165) is 24.6 Å². The van der Waals surface area contributed by atoms with Crippen LogP contribution in [0.1, 0.15) is 24.8 Å². The largest absolute Gasteiger partial charge is 0.330 e. The molecule has 0 aliphatic rings. The second kappa shape index (κ2) is 11.3. The zero-order valence-corrected chi connectivity index (χ0v) is 18.0. The van der Waals surface area contributed by atoms with E-state index in [2.05, 4.69) is 17.1 Å². The van der Waals surface area contributed by atoms with Crippen molar-refractivity contribution in [3.05, 3.63) is 72.6 Å². The normalized spacial score (nSPS) is 11.5. The molecule has 0 atom stereocenters. The SMILES string of the molecule is Cl.NCCCN(CCCCc1ccccc1)S(=O)(=O)c1cccc2cnccc12. The van der Waals surface area contributed by atoms with Gasteiger partial charge in [0, 0.05) is 36.3 Å². The molecule has 2 aromatic carbocycles. The van der Waals surface area contributed by atoms with Gasteiger partial charge in [0.05, 0.1) is 4.90 Å². The average Bonchev–Trinajstić information content (AvgIpc) is 2.73. The number of rotatable bonds is 10. The number of hydrogen-bond donors (Lipinski definition) is 1. The van der Waals surface area contributed by atoms with Crippen LogP contribution < -0.4 is 5.73 Å². The average molecular weight is 434 g/mol. The number of aromatic nitrogens is 1. The summed E-state index contributed by atoms with van der Waals surface area (Å²) >= 11 is 0. The van der Waals surface area contributed by atoms with Gasteiger partial charge in [-0.3, -0.25) is 4.98 Å². The van der Waals surface area contributed by atoms with E-state index in [4.69, 9.17) is 5.73 Å². The maximum absolute atomic E-state index is 13.4. The lowest BCUT2D eigenvalue weighted by Crippen LogP contribution is -2.34. The first-order valence-electron chi connectivity index (χ1n) is 9.70. The lowest BCUT2D eigenvalue weighted by molar-refractivity contribution is 0.396. The first-order valence-corrected chi connectivity index (χ1v) is 11.1. The smallest absolute Gasteiger partial charge is 0.243 e. The molecule has 0 bridgehead atoms. The minimum absolute atomic E-state index is 0. The number of sulfonamides is 1. The van der Waals surface area contributed by atoms with E-state index in [9.17, 15) is 8.42 Å². The second-order valence-corrected chi connectivity index (χ2v) is 8.75. The summed E-state index contributed by atoms with van der Waals surface area (Å²) in [6.45, 7) is 1.40. The Balaban J connectivity index is 0.00000300. The molecule has 0 aliphatic carbocycles. The van der Waals surface area contributed by atoms with Crippen molar-refractivity contribution in [2.45, 2.75) is 30.6 Å². The minimum atomic E-state index is -3.60. The van der Waals surface area contributed by atoms with Crippen LogP contribution >= 0.6 is 12.4 Å². The lowest BCUT2D eigenvalue weighted by atomic mass is 10.1. The number of hydrogen-bond acceptors (Lipinski definition) is 4. The zero-order chi connectivity index (χ0) is 19.8. The highest BCUT2D eigenvalue weighted by molar-refractivity contribution is 7.89. The second-order valence-electron chi connectivity index (χ2n) is 6.84. The standard InChI is InChI=1S/C22H27N3O2S.ClH/c23-14-7-17-25(16-5-4-10-19-8-2-1-3-9-19)28(26,27)22-12-6-11-20-18-24-15-13-21(20)22;/h1-3,6,8-9,11-13,15,18H,4-5,7,10,14,16-17,23H2;1H. The third kappa shape index (κ3) is 6.00. The third-order valence-electron chi connectivity index (χ3n) is 4.84. The Bertz CT molecular complexity index is 992. The van der Waals surface area contributed by atoms with E-state index >= 15 is 0 Å². The molecule has 0 fully saturated rings. The van der Waals surface area contributed by atoms with Gasteiger partial charge in [0.1, 0.15) is 0 Å². The summed E-state index contributed by atoms with van der Waals surface area (Å²) < 4.78 is 28.3. The quantitative estimate of drug-likeness (QED) is 0.490. The number of nitrogens with two attached hydrogens (primary N) is 1. The molecule has 0 spiro atoms. The van der Waals surface area contributed by atoms with Gasteiger partial charge >= 0.3 is 0 Å². The number of halogens is 1. The van der Waals surface area contributed by atoms with Gasteiger partial charge in [-0.2, -0.15) is 4.31 Å². The number of nitrogens with zero attached hydrogens (tertiary/aromatic N) is 2. The third-order valence-corrected chi connectivity index (χ3v) is 6.79. The van der Waals surface area contributed by atoms with Crippen LogP contribution in [0.5, 0.6) is 0 Å². The lowest BCUT2D eigenvalue weighted by Gasteiger charge is -2.23. The molecule has 2 N–H and O–H groups in total. The predicted octanol–water partition coefficient (Wildman–Crippen LogP) is 4.02. The number of pyridine rings is 1. The highest BCUT2D eigenvalue weighted by Crippen LogP contribution is 2.25. The number of benzene rings is 2. The Kier molecular flexibility index (Phi) is 9.04. The zero-order valence-electron chi connectivity index (χ0n) is 16.4. The fourth-order valence-corrected chi connectivity index (χ4v) is 5.07. The molecule has 3 aromatic rings. The molecule has 0 saturated carbocycles. The van der Waals surface area contributed by atoms with Gasteiger partial charge in [-0.25, -0.2) is 8.42 Å². The summed E-state index contributed by atoms with van der Waals surface area (Å²) in [5.41, 5.74) is 6.93. The summed E-state index contributed by atoms with van der Waals surface area (Å²) in [5.74, 6) is 0. The summed E-state index contributed by atoms with van der Waals surface area (Å²) in [5, 5.41) is 1.53. The van der Waals surface area contributed by atoms with Crippen molar-refractivity contribution in [2.24, 2.45) is 5.73 Å². The maximum Gasteiger partial charge on any atom is 0.243 e. The van der Waals surface area contributed by atoms with Crippen LogP contribution in [0, 0.1) is 0 Å². The fourth-order valence-electron chi connectivity index (χ4n) is 3.34. The van der Waals surface area contributed by atoms with Crippen LogP contribution in [0.3, 0.4) is 0 Å². The van der Waals surface area contributed by atoms with Crippen LogP contribution in [0.4, 0.5) is 0 Å². The van der Waals surface area contributed by atoms with Crippen molar-refractivity contribution in [3.63, 3.8) is 0 Å². The minimum Gasteiger partial charge on any atom is -0.330 e. The highest BCUT2D eigenvalue weighted by Gasteiger charge is 2.25. The molecule has 0 amide bonds. The van der Waals surface area contributed by atoms with Crippen molar-refractivity contribution in [2.75, 3.05) is 19.6 Å². The van der Waals surface area contributed by atoms with Gasteiger partial charge in [0.15, 0.2) is 0 Å². The molecular formula is C22H28ClN3O2S. The molecule has 0 unspecified atom stereocenters. The first-order chi connectivity index (χ1) is 13.6. The van der Waals surface area contributed by atoms with Crippen molar-refractivity contribution in [3.8, 4) is 0 Å². The van der Waals surface area contributed by atoms with Crippen molar-refractivity contribution >= 4 is 33.2 Å². The predicted molar refractivity (Wildman–Crippen MR) is 121 cm³/mol. The van der Waals surface area contributed by atoms with Gasteiger partial charge in [0.2, 0.25) is 10.0 Å². The number of fused-ring (bicyclic) bond motifs is 1. The molecule has 7 heteroatoms. The Labute approximate surface area is 179 Å². The van der Waals surface area contributed by atoms with E-state index in [1.165, 1.54) is 5.56 Å². The van der Waals surface area contributed by atoms with Crippen molar-refractivity contribution in [1.29, 1.82) is 0 Å². The number of unbranched alkanes of at least 4 members (excludes halogenated alkanes) is 1. The summed E-state index contributed by atoms with van der Waals surface area (Å²) in [4.78, 5) is 4.44. The van der Waals surface area contributed by atoms with Crippen molar-refractivity contribution in [1.82, 2.24) is 9.29 Å². The summed E-state index contributed by atoms with van der Waals surface area (Å²) in [6.07, 6.45) is 6.67. The van der Waals surface area contributed by atoms with E-state index in [-0.39, 0.29) is 12.4 Å². The molecular weight excluding hydrogens is 406 g/mol. The highest BCUT2D eigenvalue weighted by atomic mass is 35.5. The van der Waals surface area contributed by atoms with Crippen LogP contribution in [-0.2, 0) is 16.4 Å². The summed E-state index contributed by atoms with van der Waals surface area (Å²) in [7, 11) is -3.60. The molecule has 5 nitrogen and oxygen atoms in total. The van der Waals surface area contributed by atoms with Gasteiger partial charge in [-0.05, 0) is 49.9 Å². The van der Waals surface area contributed by atoms with Gasteiger partial charge in [0.25, 0.3) is 0 Å². The maximum atomic E-state index is 13.4. The van der Waals surface area contributed by atoms with Crippen LogP contribution in [-0.4, -0.2) is 37.3 Å². The van der Waals surface area contributed by atoms with E-state index in [1.807, 2.05) is 24.3 Å². The van der Waals surface area contributed by atoms with E-state index in [0.29, 0.717) is 36.3 Å². The molecule has 0 radical (unpaired) electrons. The van der Waals surface area contributed by atoms with Gasteiger partial charge in [-0.15, -0.1) is 12.4 Å². The van der Waals surface area contributed by atoms with E-state index < -0.39 is 10.0 Å². The van der Waals surface area contributed by atoms with Crippen LogP contribution in [0.15, 0.2) is 71.9 Å². The Morgan fingerprint density at radius 3 is 2.41 bits per heavy atom. The Hall–Kier alpha value is -1.99. The molecule has 156 valence electrons. The first kappa shape index (κ1) is 23.3. The molecule has 29 heavy (non-hydrogen) atoms. The summed E-state index contributed by atoms with van der Waals surface area (Å²) in [6, 6.07) is 17.4. The molecule has 0 aliphatic heterocycles. The van der Waals surface area contributed by atoms with Gasteiger partial charge < -0.3 is 5.73 Å². The molecule has 1 aromatic heterocycles. The van der Waals surface area contributed by atoms with Crippen LogP contribution in [0.2, 0.25) is 0 Å². The molecule has 0 saturated heterocycles. The monoisotopic (exact) mass is 433 g/mol. The number of aryl methyl sites for hydroxylation is 1. The molecule has 3 rings (SSSR count). The van der Waals surface area contributed by atoms with Crippen LogP contribution in [0.25, 0.3) is 10.8 Å².